The van der Waals surface area contributed by atoms with Gasteiger partial charge in [0.05, 0.1) is 0 Å². The largest absolute Gasteiger partial charge is 0.363 e. The number of rotatable bonds is 3. The van der Waals surface area contributed by atoms with Gasteiger partial charge in [0, 0.05) is 44.8 Å². The van der Waals surface area contributed by atoms with Crippen LogP contribution >= 0.6 is 12.2 Å². The molecule has 1 fully saturated rings. The Hall–Kier alpha value is -1.27. The molecule has 1 aromatic rings. The van der Waals surface area contributed by atoms with E-state index in [1.165, 1.54) is 0 Å². The molecule has 0 aliphatic carbocycles. The number of thiocarbonyl (C=S) groups is 1. The molecule has 0 aromatic heterocycles. The Kier molecular flexibility index (Phi) is 5.25. The molecule has 110 valence electrons. The normalized spacial score (nSPS) is 16.2. The highest BCUT2D eigenvalue weighted by Gasteiger charge is 2.20. The third kappa shape index (κ3) is 3.64. The van der Waals surface area contributed by atoms with Crippen LogP contribution in [0.25, 0.3) is 0 Å². The average Bonchev–Trinajstić information content (AvgIpc) is 2.45. The summed E-state index contributed by atoms with van der Waals surface area (Å²) < 4.78 is 26.8. The first-order valence-corrected chi connectivity index (χ1v) is 7.20. The van der Waals surface area contributed by atoms with Crippen molar-refractivity contribution >= 4 is 17.3 Å². The molecular formula is C14H19F2N3S. The monoisotopic (exact) mass is 299 g/mol. The van der Waals surface area contributed by atoms with Gasteiger partial charge in [-0.05, 0) is 25.2 Å². The lowest BCUT2D eigenvalue weighted by Crippen LogP contribution is -2.51. The molecule has 1 aliphatic heterocycles. The standard InChI is InChI=1S/C14H19F2N3S/c1-2-17-14(20)19-8-6-18(7-9-19)10-11-4-3-5-12(15)13(11)16/h3-5H,2,6-10H2,1H3,(H,17,20). The van der Waals surface area contributed by atoms with Gasteiger partial charge < -0.3 is 10.2 Å². The number of benzene rings is 1. The maximum atomic E-state index is 13.6. The van der Waals surface area contributed by atoms with Crippen LogP contribution in [0.3, 0.4) is 0 Å². The number of halogens is 2. The molecule has 3 nitrogen and oxygen atoms in total. The average molecular weight is 299 g/mol. The summed E-state index contributed by atoms with van der Waals surface area (Å²) in [7, 11) is 0. The van der Waals surface area contributed by atoms with E-state index in [1.807, 2.05) is 6.92 Å². The Morgan fingerprint density at radius 1 is 1.25 bits per heavy atom. The summed E-state index contributed by atoms with van der Waals surface area (Å²) in [6, 6.07) is 4.32. The zero-order valence-corrected chi connectivity index (χ0v) is 12.3. The van der Waals surface area contributed by atoms with Gasteiger partial charge in [-0.2, -0.15) is 0 Å². The lowest BCUT2D eigenvalue weighted by molar-refractivity contribution is 0.172. The van der Waals surface area contributed by atoms with Crippen LogP contribution in [-0.4, -0.2) is 47.6 Å². The second-order valence-corrected chi connectivity index (χ2v) is 5.20. The zero-order valence-electron chi connectivity index (χ0n) is 11.5. The van der Waals surface area contributed by atoms with Gasteiger partial charge in [0.15, 0.2) is 16.7 Å². The van der Waals surface area contributed by atoms with Gasteiger partial charge in [0.2, 0.25) is 0 Å². The molecule has 0 spiro atoms. The minimum absolute atomic E-state index is 0.410. The Labute approximate surface area is 123 Å². The molecule has 0 unspecified atom stereocenters. The maximum Gasteiger partial charge on any atom is 0.169 e. The summed E-state index contributed by atoms with van der Waals surface area (Å²) in [5.74, 6) is -1.52. The second kappa shape index (κ2) is 6.95. The van der Waals surface area contributed by atoms with Crippen LogP contribution in [0.5, 0.6) is 0 Å². The summed E-state index contributed by atoms with van der Waals surface area (Å²) in [6.07, 6.45) is 0. The molecule has 1 heterocycles. The summed E-state index contributed by atoms with van der Waals surface area (Å²) in [4.78, 5) is 4.22. The summed E-state index contributed by atoms with van der Waals surface area (Å²) in [6.45, 7) is 6.46. The molecule has 1 N–H and O–H groups in total. The van der Waals surface area contributed by atoms with Gasteiger partial charge in [-0.25, -0.2) is 8.78 Å². The van der Waals surface area contributed by atoms with E-state index < -0.39 is 11.6 Å². The highest BCUT2D eigenvalue weighted by Crippen LogP contribution is 2.15. The van der Waals surface area contributed by atoms with Crippen LogP contribution in [0, 0.1) is 11.6 Å². The van der Waals surface area contributed by atoms with E-state index in [-0.39, 0.29) is 0 Å². The minimum Gasteiger partial charge on any atom is -0.363 e. The number of hydrogen-bond acceptors (Lipinski definition) is 2. The number of nitrogens with one attached hydrogen (secondary N) is 1. The predicted octanol–water partition coefficient (Wildman–Crippen LogP) is 1.98. The van der Waals surface area contributed by atoms with Crippen molar-refractivity contribution in [2.75, 3.05) is 32.7 Å². The van der Waals surface area contributed by atoms with Crippen molar-refractivity contribution in [2.24, 2.45) is 0 Å². The van der Waals surface area contributed by atoms with Crippen LogP contribution in [0.4, 0.5) is 8.78 Å². The topological polar surface area (TPSA) is 18.5 Å². The Morgan fingerprint density at radius 3 is 2.60 bits per heavy atom. The van der Waals surface area contributed by atoms with E-state index in [1.54, 1.807) is 12.1 Å². The van der Waals surface area contributed by atoms with Crippen molar-refractivity contribution in [1.82, 2.24) is 15.1 Å². The quantitative estimate of drug-likeness (QED) is 0.860. The van der Waals surface area contributed by atoms with Gasteiger partial charge in [-0.15, -0.1) is 0 Å². The molecule has 1 aromatic carbocycles. The molecule has 0 bridgehead atoms. The Balaban J connectivity index is 1.88. The van der Waals surface area contributed by atoms with Crippen LogP contribution in [0.2, 0.25) is 0 Å². The fourth-order valence-corrected chi connectivity index (χ4v) is 2.61. The maximum absolute atomic E-state index is 13.6. The number of hydrogen-bond donors (Lipinski definition) is 1. The van der Waals surface area contributed by atoms with Crippen LogP contribution < -0.4 is 5.32 Å². The Morgan fingerprint density at radius 2 is 1.95 bits per heavy atom. The van der Waals surface area contributed by atoms with Crippen LogP contribution in [0.1, 0.15) is 12.5 Å². The summed E-state index contributed by atoms with van der Waals surface area (Å²) in [5, 5.41) is 3.89. The predicted molar refractivity (Wildman–Crippen MR) is 79.5 cm³/mol. The molecule has 6 heteroatoms. The lowest BCUT2D eigenvalue weighted by atomic mass is 10.2. The van der Waals surface area contributed by atoms with Crippen molar-refractivity contribution < 1.29 is 8.78 Å². The highest BCUT2D eigenvalue weighted by atomic mass is 32.1. The smallest absolute Gasteiger partial charge is 0.169 e. The minimum atomic E-state index is -0.783. The fraction of sp³-hybridized carbons (Fsp3) is 0.500. The van der Waals surface area contributed by atoms with Gasteiger partial charge in [0.1, 0.15) is 0 Å². The van der Waals surface area contributed by atoms with Crippen LogP contribution in [-0.2, 0) is 6.54 Å². The van der Waals surface area contributed by atoms with E-state index >= 15 is 0 Å². The molecule has 0 atom stereocenters. The van der Waals surface area contributed by atoms with E-state index in [0.29, 0.717) is 12.1 Å². The fourth-order valence-electron chi connectivity index (χ4n) is 2.28. The molecule has 20 heavy (non-hydrogen) atoms. The van der Waals surface area contributed by atoms with Gasteiger partial charge in [-0.3, -0.25) is 4.90 Å². The molecular weight excluding hydrogens is 280 g/mol. The van der Waals surface area contributed by atoms with Crippen molar-refractivity contribution in [3.63, 3.8) is 0 Å². The third-order valence-electron chi connectivity index (χ3n) is 3.41. The van der Waals surface area contributed by atoms with Gasteiger partial charge in [-0.1, -0.05) is 12.1 Å². The molecule has 0 amide bonds. The molecule has 0 radical (unpaired) electrons. The van der Waals surface area contributed by atoms with Crippen molar-refractivity contribution in [3.8, 4) is 0 Å². The summed E-state index contributed by atoms with van der Waals surface area (Å²) in [5.41, 5.74) is 0.410. The zero-order chi connectivity index (χ0) is 14.5. The summed E-state index contributed by atoms with van der Waals surface area (Å²) >= 11 is 5.27. The van der Waals surface area contributed by atoms with Crippen molar-refractivity contribution in [2.45, 2.75) is 13.5 Å². The third-order valence-corrected chi connectivity index (χ3v) is 3.82. The highest BCUT2D eigenvalue weighted by molar-refractivity contribution is 7.80. The molecule has 0 saturated carbocycles. The first kappa shape index (κ1) is 15.1. The first-order chi connectivity index (χ1) is 9.61. The first-order valence-electron chi connectivity index (χ1n) is 6.80. The van der Waals surface area contributed by atoms with Gasteiger partial charge in [0.25, 0.3) is 0 Å². The van der Waals surface area contributed by atoms with E-state index in [2.05, 4.69) is 15.1 Å². The van der Waals surface area contributed by atoms with Crippen LogP contribution in [0.15, 0.2) is 18.2 Å². The van der Waals surface area contributed by atoms with Crippen molar-refractivity contribution in [1.29, 1.82) is 0 Å². The Bertz CT molecular complexity index is 473. The lowest BCUT2D eigenvalue weighted by Gasteiger charge is -2.36. The van der Waals surface area contributed by atoms with E-state index in [9.17, 15) is 8.78 Å². The van der Waals surface area contributed by atoms with E-state index in [0.717, 1.165) is 43.9 Å². The number of nitrogens with zero attached hydrogens (tertiary/aromatic N) is 2. The van der Waals surface area contributed by atoms with Crippen molar-refractivity contribution in [3.05, 3.63) is 35.4 Å². The molecule has 1 aliphatic rings. The van der Waals surface area contributed by atoms with Gasteiger partial charge >= 0.3 is 0 Å². The second-order valence-electron chi connectivity index (χ2n) is 4.81. The SMILES string of the molecule is CCNC(=S)N1CCN(Cc2cccc(F)c2F)CC1. The molecule has 2 rings (SSSR count). The number of piperazine rings is 1. The molecule has 1 saturated heterocycles. The van der Waals surface area contributed by atoms with E-state index in [4.69, 9.17) is 12.2 Å².